The van der Waals surface area contributed by atoms with Gasteiger partial charge in [0.05, 0.1) is 7.05 Å². The second-order valence-electron chi connectivity index (χ2n) is 1.84. The molecule has 9 heavy (non-hydrogen) atoms. The van der Waals surface area contributed by atoms with Crippen LogP contribution in [-0.4, -0.2) is 7.05 Å². The highest BCUT2D eigenvalue weighted by atomic mass is 35.5. The zero-order chi connectivity index (χ0) is 6.69. The van der Waals surface area contributed by atoms with E-state index in [1.165, 1.54) is 5.69 Å². The van der Waals surface area contributed by atoms with Crippen molar-refractivity contribution < 1.29 is 5.32 Å². The lowest BCUT2D eigenvalue weighted by Gasteiger charge is -1.91. The maximum Gasteiger partial charge on any atom is 0.129 e. The summed E-state index contributed by atoms with van der Waals surface area (Å²) in [4.78, 5) is 0. The Hall–Kier alpha value is -0.530. The van der Waals surface area contributed by atoms with Gasteiger partial charge in [0.1, 0.15) is 5.69 Å². The Labute approximate surface area is 59.6 Å². The fourth-order valence-electron chi connectivity index (χ4n) is 0.655. The van der Waals surface area contributed by atoms with Crippen LogP contribution in [0.3, 0.4) is 0 Å². The van der Waals surface area contributed by atoms with Crippen LogP contribution >= 0.6 is 11.6 Å². The number of rotatable bonds is 1. The van der Waals surface area contributed by atoms with Crippen molar-refractivity contribution in [3.63, 3.8) is 0 Å². The topological polar surface area (TPSA) is 16.6 Å². The Bertz CT molecular complexity index is 181. The van der Waals surface area contributed by atoms with Gasteiger partial charge in [-0.15, -0.1) is 0 Å². The van der Waals surface area contributed by atoms with E-state index in [0.29, 0.717) is 0 Å². The summed E-state index contributed by atoms with van der Waals surface area (Å²) in [5.74, 6) is 0. The predicted octanol–water partition coefficient (Wildman–Crippen LogP) is 1.16. The van der Waals surface area contributed by atoms with Crippen LogP contribution in [0.4, 0.5) is 5.69 Å². The summed E-state index contributed by atoms with van der Waals surface area (Å²) in [5.41, 5.74) is 1.21. The number of benzene rings is 1. The Balaban J connectivity index is 2.88. The SMILES string of the molecule is C[NH2+]c1ccc(Cl)cc1. The van der Waals surface area contributed by atoms with E-state index < -0.39 is 0 Å². The molecule has 0 aliphatic heterocycles. The first-order valence-corrected chi connectivity index (χ1v) is 3.25. The third kappa shape index (κ3) is 1.70. The minimum Gasteiger partial charge on any atom is -0.316 e. The summed E-state index contributed by atoms with van der Waals surface area (Å²) in [6.45, 7) is 0. The zero-order valence-corrected chi connectivity index (χ0v) is 6.02. The Morgan fingerprint density at radius 1 is 1.22 bits per heavy atom. The molecule has 0 amide bonds. The monoisotopic (exact) mass is 142 g/mol. The molecule has 0 atom stereocenters. The lowest BCUT2D eigenvalue weighted by molar-refractivity contribution is -0.539. The summed E-state index contributed by atoms with van der Waals surface area (Å²) < 4.78 is 0. The predicted molar refractivity (Wildman–Crippen MR) is 39.0 cm³/mol. The third-order valence-electron chi connectivity index (χ3n) is 1.20. The summed E-state index contributed by atoms with van der Waals surface area (Å²) >= 11 is 5.65. The van der Waals surface area contributed by atoms with Gasteiger partial charge in [0, 0.05) is 17.2 Å². The molecule has 2 heteroatoms. The normalized spacial score (nSPS) is 9.56. The van der Waals surface area contributed by atoms with Crippen LogP contribution in [0.15, 0.2) is 24.3 Å². The van der Waals surface area contributed by atoms with Crippen molar-refractivity contribution in [3.8, 4) is 0 Å². The third-order valence-corrected chi connectivity index (χ3v) is 1.46. The van der Waals surface area contributed by atoms with Gasteiger partial charge in [-0.25, -0.2) is 0 Å². The maximum absolute atomic E-state index is 5.65. The summed E-state index contributed by atoms with van der Waals surface area (Å²) in [6, 6.07) is 7.75. The van der Waals surface area contributed by atoms with E-state index in [0.717, 1.165) is 5.02 Å². The Morgan fingerprint density at radius 3 is 2.22 bits per heavy atom. The maximum atomic E-state index is 5.65. The van der Waals surface area contributed by atoms with E-state index in [1.54, 1.807) is 0 Å². The first-order valence-electron chi connectivity index (χ1n) is 2.88. The van der Waals surface area contributed by atoms with Crippen molar-refractivity contribution in [1.29, 1.82) is 0 Å². The number of nitrogens with two attached hydrogens (primary N) is 1. The largest absolute Gasteiger partial charge is 0.316 e. The van der Waals surface area contributed by atoms with Crippen molar-refractivity contribution in [2.75, 3.05) is 7.05 Å². The first kappa shape index (κ1) is 6.59. The van der Waals surface area contributed by atoms with Crippen molar-refractivity contribution in [1.82, 2.24) is 0 Å². The van der Waals surface area contributed by atoms with E-state index in [9.17, 15) is 0 Å². The van der Waals surface area contributed by atoms with Crippen molar-refractivity contribution in [3.05, 3.63) is 29.3 Å². The molecular formula is C7H9ClN+. The highest BCUT2D eigenvalue weighted by Gasteiger charge is 1.89. The highest BCUT2D eigenvalue weighted by molar-refractivity contribution is 6.30. The van der Waals surface area contributed by atoms with Gasteiger partial charge in [-0.3, -0.25) is 0 Å². The molecule has 0 heterocycles. The molecule has 0 radical (unpaired) electrons. The zero-order valence-electron chi connectivity index (χ0n) is 5.26. The van der Waals surface area contributed by atoms with Gasteiger partial charge >= 0.3 is 0 Å². The van der Waals surface area contributed by atoms with Crippen LogP contribution < -0.4 is 5.32 Å². The Morgan fingerprint density at radius 2 is 1.78 bits per heavy atom. The van der Waals surface area contributed by atoms with Gasteiger partial charge < -0.3 is 5.32 Å². The molecule has 2 N–H and O–H groups in total. The lowest BCUT2D eigenvalue weighted by atomic mass is 10.3. The number of quaternary nitrogens is 1. The fourth-order valence-corrected chi connectivity index (χ4v) is 0.781. The van der Waals surface area contributed by atoms with Gasteiger partial charge in [0.15, 0.2) is 0 Å². The molecule has 0 aliphatic carbocycles. The molecule has 1 aromatic carbocycles. The van der Waals surface area contributed by atoms with E-state index in [4.69, 9.17) is 11.6 Å². The van der Waals surface area contributed by atoms with Crippen LogP contribution in [0.25, 0.3) is 0 Å². The van der Waals surface area contributed by atoms with Gasteiger partial charge in [-0.1, -0.05) is 11.6 Å². The van der Waals surface area contributed by atoms with E-state index >= 15 is 0 Å². The average molecular weight is 143 g/mol. The molecule has 0 bridgehead atoms. The minimum atomic E-state index is 0.792. The molecule has 0 aromatic heterocycles. The van der Waals surface area contributed by atoms with E-state index in [2.05, 4.69) is 0 Å². The average Bonchev–Trinajstić information content (AvgIpc) is 1.90. The molecule has 0 fully saturated rings. The molecule has 0 aliphatic rings. The minimum absolute atomic E-state index is 0.792. The number of hydrogen-bond acceptors (Lipinski definition) is 0. The highest BCUT2D eigenvalue weighted by Crippen LogP contribution is 2.08. The van der Waals surface area contributed by atoms with Gasteiger partial charge in [0.25, 0.3) is 0 Å². The fraction of sp³-hybridized carbons (Fsp3) is 0.143. The molecule has 48 valence electrons. The van der Waals surface area contributed by atoms with Crippen LogP contribution in [0.2, 0.25) is 5.02 Å². The molecule has 0 unspecified atom stereocenters. The summed E-state index contributed by atoms with van der Waals surface area (Å²) in [6.07, 6.45) is 0. The second kappa shape index (κ2) is 2.85. The molecule has 1 aromatic rings. The first-order chi connectivity index (χ1) is 4.33. The van der Waals surface area contributed by atoms with Crippen molar-refractivity contribution in [2.45, 2.75) is 0 Å². The molecule has 1 rings (SSSR count). The molecule has 0 spiro atoms. The molecular weight excluding hydrogens is 134 g/mol. The lowest BCUT2D eigenvalue weighted by Crippen LogP contribution is -2.72. The molecule has 0 saturated carbocycles. The second-order valence-corrected chi connectivity index (χ2v) is 2.28. The Kier molecular flexibility index (Phi) is 2.09. The van der Waals surface area contributed by atoms with Crippen LogP contribution in [0.1, 0.15) is 0 Å². The molecule has 1 nitrogen and oxygen atoms in total. The molecule has 0 saturated heterocycles. The van der Waals surface area contributed by atoms with Crippen molar-refractivity contribution >= 4 is 17.3 Å². The van der Waals surface area contributed by atoms with Gasteiger partial charge in [0.2, 0.25) is 0 Å². The van der Waals surface area contributed by atoms with Crippen LogP contribution in [-0.2, 0) is 0 Å². The van der Waals surface area contributed by atoms with E-state index in [1.807, 2.05) is 36.6 Å². The van der Waals surface area contributed by atoms with Gasteiger partial charge in [-0.05, 0) is 12.1 Å². The van der Waals surface area contributed by atoms with Crippen LogP contribution in [0.5, 0.6) is 0 Å². The quantitative estimate of drug-likeness (QED) is 0.567. The summed E-state index contributed by atoms with van der Waals surface area (Å²) in [7, 11) is 2.00. The van der Waals surface area contributed by atoms with Crippen molar-refractivity contribution in [2.24, 2.45) is 0 Å². The summed E-state index contributed by atoms with van der Waals surface area (Å²) in [5, 5.41) is 2.83. The van der Waals surface area contributed by atoms with E-state index in [-0.39, 0.29) is 0 Å². The number of hydrogen-bond donors (Lipinski definition) is 1. The number of halogens is 1. The van der Waals surface area contributed by atoms with Crippen LogP contribution in [0, 0.1) is 0 Å². The smallest absolute Gasteiger partial charge is 0.129 e. The standard InChI is InChI=1S/C7H8ClN/c1-9-7-4-2-6(8)3-5-7/h2-5,9H,1H3/p+1. The van der Waals surface area contributed by atoms with Gasteiger partial charge in [-0.2, -0.15) is 0 Å².